The number of hydrogen-bond acceptors (Lipinski definition) is 4. The van der Waals surface area contributed by atoms with Gasteiger partial charge in [-0.1, -0.05) is 47.6 Å². The van der Waals surface area contributed by atoms with Crippen LogP contribution in [0.2, 0.25) is 0 Å². The van der Waals surface area contributed by atoms with Gasteiger partial charge in [0.25, 0.3) is 5.91 Å². The molecule has 4 rings (SSSR count). The van der Waals surface area contributed by atoms with Crippen LogP contribution in [-0.4, -0.2) is 22.7 Å². The highest BCUT2D eigenvalue weighted by Crippen LogP contribution is 2.29. The fourth-order valence-corrected chi connectivity index (χ4v) is 3.29. The summed E-state index contributed by atoms with van der Waals surface area (Å²) < 4.78 is 0. The fraction of sp³-hybridized carbons (Fsp3) is 0.136. The first-order chi connectivity index (χ1) is 13.7. The molecule has 1 aromatic heterocycles. The Bertz CT molecular complexity index is 980. The molecule has 2 aromatic carbocycles. The summed E-state index contributed by atoms with van der Waals surface area (Å²) in [4.78, 5) is 21.8. The highest BCUT2D eigenvalue weighted by atomic mass is 35.5. The van der Waals surface area contributed by atoms with Crippen LogP contribution in [0.15, 0.2) is 84.3 Å². The number of carbonyl (C=O) groups excluding carboxylic acids is 1. The van der Waals surface area contributed by atoms with Crippen molar-refractivity contribution < 1.29 is 9.63 Å². The van der Waals surface area contributed by atoms with Gasteiger partial charge in [-0.15, -0.1) is 24.0 Å². The molecule has 0 saturated carbocycles. The summed E-state index contributed by atoms with van der Waals surface area (Å²) in [6.45, 7) is 0. The third kappa shape index (κ3) is 4.94. The summed E-state index contributed by atoms with van der Waals surface area (Å²) in [5.74, 6) is -0.235. The maximum atomic E-state index is 12.5. The largest absolute Gasteiger partial charge is 0.382 e. The number of amides is 1. The van der Waals surface area contributed by atoms with Crippen LogP contribution in [0.4, 0.5) is 5.69 Å². The molecule has 2 atom stereocenters. The quantitative estimate of drug-likeness (QED) is 0.584. The van der Waals surface area contributed by atoms with Crippen LogP contribution in [0.1, 0.15) is 28.5 Å². The molecular weight excluding hydrogens is 409 g/mol. The molecular formula is C22H19Cl2N3O2. The zero-order valence-corrected chi connectivity index (χ0v) is 16.9. The van der Waals surface area contributed by atoms with Crippen molar-refractivity contribution in [2.75, 3.05) is 5.32 Å². The standard InChI is InChI=1S/C22H18ClN3O2.ClH/c23-21(15-5-2-1-3-6-15)16-8-10-18(11-9-16)25-22(27)20-13-19(26-28-20)17-7-4-12-24-14-17;/h1-12,14,20-21H,13H2,(H,25,27);1H. The van der Waals surface area contributed by atoms with Gasteiger partial charge in [0.05, 0.1) is 11.1 Å². The number of nitrogens with zero attached hydrogens (tertiary/aromatic N) is 2. The maximum absolute atomic E-state index is 12.5. The molecule has 29 heavy (non-hydrogen) atoms. The minimum atomic E-state index is -0.653. The Kier molecular flexibility index (Phi) is 6.86. The van der Waals surface area contributed by atoms with Crippen molar-refractivity contribution in [2.45, 2.75) is 17.9 Å². The number of carbonyl (C=O) groups is 1. The van der Waals surface area contributed by atoms with E-state index in [2.05, 4.69) is 15.5 Å². The van der Waals surface area contributed by atoms with E-state index in [4.69, 9.17) is 16.4 Å². The molecule has 0 radical (unpaired) electrons. The van der Waals surface area contributed by atoms with E-state index >= 15 is 0 Å². The minimum Gasteiger partial charge on any atom is -0.382 e. The SMILES string of the molecule is Cl.O=C(Nc1ccc(C(Cl)c2ccccc2)cc1)C1CC(c2cccnc2)=NO1. The normalized spacial score (nSPS) is 16.2. The first-order valence-corrected chi connectivity index (χ1v) is 9.37. The molecule has 1 N–H and O–H groups in total. The van der Waals surface area contributed by atoms with Crippen molar-refractivity contribution in [1.82, 2.24) is 4.98 Å². The number of pyridine rings is 1. The van der Waals surface area contributed by atoms with Crippen LogP contribution in [0, 0.1) is 0 Å². The second-order valence-corrected chi connectivity index (χ2v) is 6.90. The Morgan fingerprint density at radius 1 is 1.03 bits per heavy atom. The Morgan fingerprint density at radius 2 is 1.76 bits per heavy atom. The molecule has 1 amide bonds. The van der Waals surface area contributed by atoms with E-state index in [1.807, 2.05) is 66.7 Å². The van der Waals surface area contributed by atoms with E-state index in [1.54, 1.807) is 12.4 Å². The van der Waals surface area contributed by atoms with E-state index in [0.717, 1.165) is 22.4 Å². The zero-order chi connectivity index (χ0) is 19.3. The summed E-state index contributed by atoms with van der Waals surface area (Å²) in [7, 11) is 0. The number of hydrogen-bond donors (Lipinski definition) is 1. The second kappa shape index (κ2) is 9.54. The molecule has 0 spiro atoms. The Hall–Kier alpha value is -2.89. The molecule has 0 saturated heterocycles. The minimum absolute atomic E-state index is 0. The lowest BCUT2D eigenvalue weighted by molar-refractivity contribution is -0.125. The van der Waals surface area contributed by atoms with Crippen molar-refractivity contribution in [3.63, 3.8) is 0 Å². The van der Waals surface area contributed by atoms with Crippen LogP contribution >= 0.6 is 24.0 Å². The molecule has 148 valence electrons. The molecule has 0 bridgehead atoms. The number of oxime groups is 1. The van der Waals surface area contributed by atoms with Crippen molar-refractivity contribution in [3.8, 4) is 0 Å². The molecule has 2 heterocycles. The second-order valence-electron chi connectivity index (χ2n) is 6.46. The van der Waals surface area contributed by atoms with Gasteiger partial charge in [-0.25, -0.2) is 0 Å². The monoisotopic (exact) mass is 427 g/mol. The van der Waals surface area contributed by atoms with E-state index < -0.39 is 6.10 Å². The number of benzene rings is 2. The fourth-order valence-electron chi connectivity index (χ4n) is 2.99. The van der Waals surface area contributed by atoms with E-state index in [1.165, 1.54) is 0 Å². The van der Waals surface area contributed by atoms with Gasteiger partial charge in [0.15, 0.2) is 0 Å². The predicted molar refractivity (Wildman–Crippen MR) is 117 cm³/mol. The molecule has 1 aliphatic rings. The van der Waals surface area contributed by atoms with Crippen molar-refractivity contribution in [3.05, 3.63) is 95.8 Å². The lowest BCUT2D eigenvalue weighted by Crippen LogP contribution is -2.28. The smallest absolute Gasteiger partial charge is 0.268 e. The molecule has 0 fully saturated rings. The Morgan fingerprint density at radius 3 is 2.45 bits per heavy atom. The highest BCUT2D eigenvalue weighted by Gasteiger charge is 2.29. The summed E-state index contributed by atoms with van der Waals surface area (Å²) >= 11 is 6.54. The van der Waals surface area contributed by atoms with Crippen molar-refractivity contribution in [2.24, 2.45) is 5.16 Å². The third-order valence-corrected chi connectivity index (χ3v) is 5.02. The third-order valence-electron chi connectivity index (χ3n) is 4.52. The summed E-state index contributed by atoms with van der Waals surface area (Å²) in [6.07, 6.45) is 3.15. The Labute approximate surface area is 180 Å². The lowest BCUT2D eigenvalue weighted by Gasteiger charge is -2.13. The predicted octanol–water partition coefficient (Wildman–Crippen LogP) is 4.96. The average molecular weight is 428 g/mol. The van der Waals surface area contributed by atoms with Crippen molar-refractivity contribution >= 4 is 41.3 Å². The Balaban J connectivity index is 0.00000240. The van der Waals surface area contributed by atoms with Gasteiger partial charge in [0, 0.05) is 30.1 Å². The van der Waals surface area contributed by atoms with Gasteiger partial charge < -0.3 is 10.2 Å². The van der Waals surface area contributed by atoms with E-state index in [-0.39, 0.29) is 23.7 Å². The lowest BCUT2D eigenvalue weighted by atomic mass is 10.0. The number of halogens is 2. The number of aromatic nitrogens is 1. The van der Waals surface area contributed by atoms with E-state index in [9.17, 15) is 4.79 Å². The van der Waals surface area contributed by atoms with Gasteiger partial charge in [-0.3, -0.25) is 9.78 Å². The average Bonchev–Trinajstić information content (AvgIpc) is 3.26. The number of anilines is 1. The number of alkyl halides is 1. The van der Waals surface area contributed by atoms with Gasteiger partial charge in [0.2, 0.25) is 6.10 Å². The topological polar surface area (TPSA) is 63.6 Å². The van der Waals surface area contributed by atoms with Crippen LogP contribution in [0.25, 0.3) is 0 Å². The first kappa shape index (κ1) is 20.8. The zero-order valence-electron chi connectivity index (χ0n) is 15.4. The van der Waals surface area contributed by atoms with Crippen LogP contribution in [0.5, 0.6) is 0 Å². The maximum Gasteiger partial charge on any atom is 0.268 e. The van der Waals surface area contributed by atoms with Crippen molar-refractivity contribution in [1.29, 1.82) is 0 Å². The van der Waals surface area contributed by atoms with Crippen LogP contribution in [-0.2, 0) is 9.63 Å². The molecule has 5 nitrogen and oxygen atoms in total. The molecule has 7 heteroatoms. The summed E-state index contributed by atoms with van der Waals surface area (Å²) in [5, 5.41) is 6.65. The highest BCUT2D eigenvalue weighted by molar-refractivity contribution is 6.22. The molecule has 3 aromatic rings. The first-order valence-electron chi connectivity index (χ1n) is 8.93. The van der Waals surface area contributed by atoms with E-state index in [0.29, 0.717) is 12.1 Å². The number of rotatable bonds is 5. The van der Waals surface area contributed by atoms with Gasteiger partial charge in [-0.05, 0) is 35.4 Å². The van der Waals surface area contributed by atoms with Gasteiger partial charge in [-0.2, -0.15) is 0 Å². The molecule has 1 aliphatic heterocycles. The summed E-state index contributed by atoms with van der Waals surface area (Å²) in [6, 6.07) is 21.1. The van der Waals surface area contributed by atoms with Crippen LogP contribution < -0.4 is 5.32 Å². The molecule has 2 unspecified atom stereocenters. The van der Waals surface area contributed by atoms with Gasteiger partial charge >= 0.3 is 0 Å². The summed E-state index contributed by atoms with van der Waals surface area (Å²) in [5.41, 5.74) is 4.25. The molecule has 0 aliphatic carbocycles. The number of nitrogens with one attached hydrogen (secondary N) is 1. The van der Waals surface area contributed by atoms with Gasteiger partial charge in [0.1, 0.15) is 0 Å². The van der Waals surface area contributed by atoms with Crippen LogP contribution in [0.3, 0.4) is 0 Å².